The summed E-state index contributed by atoms with van der Waals surface area (Å²) in [6.07, 6.45) is 1.74. The molecule has 2 aromatic carbocycles. The fourth-order valence-corrected chi connectivity index (χ4v) is 4.05. The molecular weight excluding hydrogens is 406 g/mol. The number of oxime groups is 1. The second kappa shape index (κ2) is 8.82. The van der Waals surface area contributed by atoms with E-state index in [1.807, 2.05) is 12.1 Å². The summed E-state index contributed by atoms with van der Waals surface area (Å²) in [5, 5.41) is 8.81. The topological polar surface area (TPSA) is 72.4 Å². The number of piperidine rings is 1. The van der Waals surface area contributed by atoms with Crippen molar-refractivity contribution in [2.45, 2.75) is 51.0 Å². The van der Waals surface area contributed by atoms with Crippen molar-refractivity contribution in [1.82, 2.24) is 5.06 Å². The molecule has 1 N–H and O–H groups in total. The summed E-state index contributed by atoms with van der Waals surface area (Å²) in [7, 11) is 1.59. The predicted molar refractivity (Wildman–Crippen MR) is 124 cm³/mol. The van der Waals surface area contributed by atoms with Crippen LogP contribution in [0.2, 0.25) is 0 Å². The van der Waals surface area contributed by atoms with Crippen molar-refractivity contribution in [3.63, 3.8) is 0 Å². The van der Waals surface area contributed by atoms with Crippen LogP contribution in [0, 0.1) is 0 Å². The minimum atomic E-state index is -0.516. The Hall–Kier alpha value is -3.06. The number of benzene rings is 2. The highest BCUT2D eigenvalue weighted by Crippen LogP contribution is 2.36. The van der Waals surface area contributed by atoms with Crippen molar-refractivity contribution in [3.05, 3.63) is 59.7 Å². The molecule has 0 saturated carbocycles. The lowest BCUT2D eigenvalue weighted by atomic mass is 9.84. The lowest BCUT2D eigenvalue weighted by Crippen LogP contribution is -2.45. The summed E-state index contributed by atoms with van der Waals surface area (Å²) in [4.78, 5) is 23.6. The molecule has 0 bridgehead atoms. The maximum atomic E-state index is 12.3. The van der Waals surface area contributed by atoms with Crippen LogP contribution in [0.3, 0.4) is 0 Å². The highest BCUT2D eigenvalue weighted by Gasteiger charge is 2.43. The van der Waals surface area contributed by atoms with Gasteiger partial charge in [-0.1, -0.05) is 56.3 Å². The Morgan fingerprint density at radius 1 is 1.12 bits per heavy atom. The average Bonchev–Trinajstić information content (AvgIpc) is 3.19. The van der Waals surface area contributed by atoms with Gasteiger partial charge in [0.2, 0.25) is 0 Å². The fourth-order valence-electron chi connectivity index (χ4n) is 4.05. The van der Waals surface area contributed by atoms with Crippen LogP contribution in [0.1, 0.15) is 51.2 Å². The van der Waals surface area contributed by atoms with Crippen LogP contribution < -0.4 is 10.1 Å². The molecule has 1 amide bonds. The van der Waals surface area contributed by atoms with Crippen LogP contribution in [0.25, 0.3) is 0 Å². The maximum Gasteiger partial charge on any atom is 0.430 e. The molecule has 2 aromatic rings. The number of ether oxygens (including phenoxy) is 1. The molecule has 0 radical (unpaired) electrons. The summed E-state index contributed by atoms with van der Waals surface area (Å²) in [6, 6.07) is 15.7. The van der Waals surface area contributed by atoms with Gasteiger partial charge < -0.3 is 14.4 Å². The van der Waals surface area contributed by atoms with Gasteiger partial charge >= 0.3 is 6.09 Å². The molecule has 0 aromatic heterocycles. The molecule has 7 heteroatoms. The van der Waals surface area contributed by atoms with Crippen molar-refractivity contribution in [1.29, 1.82) is 0 Å². The molecule has 1 fully saturated rings. The number of carbonyl (C=O) groups excluding carboxylic acids is 1. The van der Waals surface area contributed by atoms with Gasteiger partial charge in [-0.05, 0) is 28.7 Å². The van der Waals surface area contributed by atoms with E-state index in [1.54, 1.807) is 24.3 Å². The molecule has 1 saturated heterocycles. The van der Waals surface area contributed by atoms with Crippen LogP contribution in [0.5, 0.6) is 5.75 Å². The molecule has 2 heterocycles. The standard InChI is InChI=1S/C25H31N3O4/c1-24(2,3)19-10-8-18(9-11-19)22-17-25(32-27-22)12-14-28(15-13-25)31-23(29)26-20-6-5-7-21(16-20)30-4/h5-11,16H,12-15,17H2,1-4H3,(H,26,29). The SMILES string of the molecule is COc1cccc(NC(=O)ON2CCC3(CC2)CC(c2ccc(C(C)(C)C)cc2)=NO3)c1. The highest BCUT2D eigenvalue weighted by atomic mass is 16.7. The first kappa shape index (κ1) is 22.1. The normalized spacial score (nSPS) is 18.1. The third-order valence-corrected chi connectivity index (χ3v) is 6.09. The molecule has 170 valence electrons. The number of hydrogen-bond donors (Lipinski definition) is 1. The van der Waals surface area contributed by atoms with Gasteiger partial charge in [-0.15, -0.1) is 5.06 Å². The van der Waals surface area contributed by atoms with E-state index in [2.05, 4.69) is 55.5 Å². The monoisotopic (exact) mass is 437 g/mol. The summed E-state index contributed by atoms with van der Waals surface area (Å²) in [5.41, 5.74) is 3.81. The smallest absolute Gasteiger partial charge is 0.430 e. The Kier molecular flexibility index (Phi) is 6.11. The fraction of sp³-hybridized carbons (Fsp3) is 0.440. The van der Waals surface area contributed by atoms with Gasteiger partial charge in [-0.3, -0.25) is 5.32 Å². The second-order valence-corrected chi connectivity index (χ2v) is 9.48. The Morgan fingerprint density at radius 3 is 2.50 bits per heavy atom. The van der Waals surface area contributed by atoms with E-state index in [1.165, 1.54) is 5.56 Å². The van der Waals surface area contributed by atoms with E-state index in [0.717, 1.165) is 30.5 Å². The van der Waals surface area contributed by atoms with E-state index in [-0.39, 0.29) is 11.0 Å². The van der Waals surface area contributed by atoms with Crippen molar-refractivity contribution >= 4 is 17.5 Å². The molecule has 7 nitrogen and oxygen atoms in total. The number of nitrogens with one attached hydrogen (secondary N) is 1. The number of carbonyl (C=O) groups is 1. The minimum absolute atomic E-state index is 0.124. The lowest BCUT2D eigenvalue weighted by Gasteiger charge is -2.35. The van der Waals surface area contributed by atoms with Gasteiger partial charge in [-0.25, -0.2) is 4.79 Å². The summed E-state index contributed by atoms with van der Waals surface area (Å²) in [5.74, 6) is 0.671. The molecule has 0 atom stereocenters. The first-order valence-electron chi connectivity index (χ1n) is 11.0. The van der Waals surface area contributed by atoms with Gasteiger partial charge in [0.15, 0.2) is 0 Å². The Bertz CT molecular complexity index is 987. The Balaban J connectivity index is 1.28. The van der Waals surface area contributed by atoms with Gasteiger partial charge in [0.25, 0.3) is 0 Å². The number of amides is 1. The van der Waals surface area contributed by atoms with Crippen LogP contribution in [-0.4, -0.2) is 42.7 Å². The van der Waals surface area contributed by atoms with Crippen LogP contribution in [0.4, 0.5) is 10.5 Å². The zero-order valence-corrected chi connectivity index (χ0v) is 19.2. The molecule has 4 rings (SSSR count). The van der Waals surface area contributed by atoms with Gasteiger partial charge in [0.1, 0.15) is 11.4 Å². The highest BCUT2D eigenvalue weighted by molar-refractivity contribution is 6.01. The third kappa shape index (κ3) is 5.05. The zero-order chi connectivity index (χ0) is 22.8. The molecule has 2 aliphatic rings. The zero-order valence-electron chi connectivity index (χ0n) is 19.2. The van der Waals surface area contributed by atoms with E-state index >= 15 is 0 Å². The molecule has 0 aliphatic carbocycles. The molecule has 1 spiro atoms. The first-order chi connectivity index (χ1) is 15.3. The Labute approximate surface area is 189 Å². The van der Waals surface area contributed by atoms with Gasteiger partial charge in [0.05, 0.1) is 12.8 Å². The molecule has 0 unspecified atom stereocenters. The van der Waals surface area contributed by atoms with Crippen molar-refractivity contribution in [3.8, 4) is 5.75 Å². The van der Waals surface area contributed by atoms with Crippen LogP contribution in [-0.2, 0) is 15.1 Å². The van der Waals surface area contributed by atoms with Gasteiger partial charge in [-0.2, -0.15) is 0 Å². The lowest BCUT2D eigenvalue weighted by molar-refractivity contribution is -0.154. The van der Waals surface area contributed by atoms with Crippen molar-refractivity contribution in [2.24, 2.45) is 5.16 Å². The summed E-state index contributed by atoms with van der Waals surface area (Å²) >= 11 is 0. The Morgan fingerprint density at radius 2 is 1.84 bits per heavy atom. The van der Waals surface area contributed by atoms with E-state index in [0.29, 0.717) is 24.5 Å². The minimum Gasteiger partial charge on any atom is -0.497 e. The van der Waals surface area contributed by atoms with Crippen LogP contribution >= 0.6 is 0 Å². The third-order valence-electron chi connectivity index (χ3n) is 6.09. The quantitative estimate of drug-likeness (QED) is 0.719. The summed E-state index contributed by atoms with van der Waals surface area (Å²) in [6.45, 7) is 7.81. The summed E-state index contributed by atoms with van der Waals surface area (Å²) < 4.78 is 5.17. The first-order valence-corrected chi connectivity index (χ1v) is 11.0. The maximum absolute atomic E-state index is 12.3. The largest absolute Gasteiger partial charge is 0.497 e. The van der Waals surface area contributed by atoms with Crippen LogP contribution in [0.15, 0.2) is 53.7 Å². The van der Waals surface area contributed by atoms with E-state index < -0.39 is 6.09 Å². The average molecular weight is 438 g/mol. The number of hydrogen-bond acceptors (Lipinski definition) is 6. The van der Waals surface area contributed by atoms with E-state index in [4.69, 9.17) is 14.4 Å². The second-order valence-electron chi connectivity index (χ2n) is 9.48. The number of rotatable bonds is 4. The molecule has 32 heavy (non-hydrogen) atoms. The number of hydroxylamine groups is 2. The van der Waals surface area contributed by atoms with Crippen molar-refractivity contribution < 1.29 is 19.2 Å². The van der Waals surface area contributed by atoms with Gasteiger partial charge in [0, 0.05) is 44.1 Å². The number of methoxy groups -OCH3 is 1. The van der Waals surface area contributed by atoms with E-state index in [9.17, 15) is 4.79 Å². The van der Waals surface area contributed by atoms with Crippen molar-refractivity contribution in [2.75, 3.05) is 25.5 Å². The molecule has 2 aliphatic heterocycles. The number of anilines is 1. The molecular formula is C25H31N3O4. The number of nitrogens with zero attached hydrogens (tertiary/aromatic N) is 2. The predicted octanol–water partition coefficient (Wildman–Crippen LogP) is 5.12.